The predicted octanol–water partition coefficient (Wildman–Crippen LogP) is 4.13. The van der Waals surface area contributed by atoms with Crippen molar-refractivity contribution in [2.45, 2.75) is 25.3 Å². The molecule has 3 aliphatic rings. The maximum atomic E-state index is 14.8. The Morgan fingerprint density at radius 3 is 2.71 bits per heavy atom. The van der Waals surface area contributed by atoms with Crippen LogP contribution in [0, 0.1) is 23.5 Å². The van der Waals surface area contributed by atoms with E-state index in [4.69, 9.17) is 14.7 Å². The lowest BCUT2D eigenvalue weighted by molar-refractivity contribution is 0.320. The van der Waals surface area contributed by atoms with E-state index in [0.717, 1.165) is 36.0 Å². The highest BCUT2D eigenvalue weighted by Gasteiger charge is 2.51. The van der Waals surface area contributed by atoms with Gasteiger partial charge in [-0.1, -0.05) is 20.4 Å². The summed E-state index contributed by atoms with van der Waals surface area (Å²) in [4.78, 5) is 13.7. The molecule has 3 aromatic rings. The van der Waals surface area contributed by atoms with E-state index in [2.05, 4.69) is 46.2 Å². The van der Waals surface area contributed by atoms with E-state index in [-0.39, 0.29) is 17.1 Å². The molecule has 0 bridgehead atoms. The summed E-state index contributed by atoms with van der Waals surface area (Å²) >= 11 is 0. The van der Waals surface area contributed by atoms with Gasteiger partial charge in [-0.15, -0.1) is 5.10 Å². The van der Waals surface area contributed by atoms with Gasteiger partial charge in [0.2, 0.25) is 11.8 Å². The van der Waals surface area contributed by atoms with Crippen molar-refractivity contribution in [1.29, 1.82) is 0 Å². The van der Waals surface area contributed by atoms with Gasteiger partial charge in [-0.05, 0) is 17.7 Å². The first kappa shape index (κ1) is 24.3. The lowest BCUT2D eigenvalue weighted by atomic mass is 9.68. The summed E-state index contributed by atoms with van der Waals surface area (Å²) in [6, 6.07) is 5.50. The van der Waals surface area contributed by atoms with E-state index in [1.54, 1.807) is 18.2 Å². The number of hydrogen-bond acceptors (Lipinski definition) is 9. The Kier molecular flexibility index (Phi) is 5.62. The molecule has 1 saturated heterocycles. The van der Waals surface area contributed by atoms with Crippen LogP contribution in [0.4, 0.5) is 37.7 Å². The maximum Gasteiger partial charge on any atom is 0.235 e. The lowest BCUT2D eigenvalue weighted by Gasteiger charge is -2.42. The van der Waals surface area contributed by atoms with Gasteiger partial charge in [0.1, 0.15) is 23.3 Å². The van der Waals surface area contributed by atoms with Crippen LogP contribution in [0.2, 0.25) is 0 Å². The quantitative estimate of drug-likeness (QED) is 0.466. The molecular formula is C27H30F2N8O. The van der Waals surface area contributed by atoms with Crippen LogP contribution in [0.1, 0.15) is 19.4 Å². The van der Waals surface area contributed by atoms with Gasteiger partial charge in [0.25, 0.3) is 0 Å². The summed E-state index contributed by atoms with van der Waals surface area (Å²) in [6.45, 7) is 10.6. The van der Waals surface area contributed by atoms with E-state index in [0.29, 0.717) is 41.8 Å². The third-order valence-corrected chi connectivity index (χ3v) is 7.96. The molecule has 11 heteroatoms. The van der Waals surface area contributed by atoms with E-state index < -0.39 is 11.6 Å². The van der Waals surface area contributed by atoms with E-state index in [1.165, 1.54) is 12.1 Å². The number of rotatable bonds is 6. The molecule has 38 heavy (non-hydrogen) atoms. The minimum Gasteiger partial charge on any atom is -0.480 e. The van der Waals surface area contributed by atoms with Crippen molar-refractivity contribution >= 4 is 29.0 Å². The Balaban J connectivity index is 1.29. The third kappa shape index (κ3) is 3.79. The zero-order valence-corrected chi connectivity index (χ0v) is 21.8. The second-order valence-corrected chi connectivity index (χ2v) is 10.7. The first-order valence-corrected chi connectivity index (χ1v) is 12.6. The SMILES string of the molecule is C=C1C2CN(c3cnnc(OC)c3)CC2C1Nc1nc(NC)c2c(n1)N(c1ccc(F)cc1F)CC2(C)C. The van der Waals surface area contributed by atoms with Gasteiger partial charge in [0, 0.05) is 61.6 Å². The number of ether oxygens (including phenoxy) is 1. The molecule has 1 saturated carbocycles. The topological polar surface area (TPSA) is 91.3 Å². The standard InChI is InChI=1S/C27H30F2N8O/c1-14-17-11-36(16-9-21(38-5)35-31-10-16)12-18(17)23(14)32-26-33-24(30-4)22-25(34-26)37(13-27(22,2)3)20-7-6-15(28)8-19(20)29/h6-10,17-18,23H,1,11-13H2,2-5H3,(H2,30,32,33,34). The van der Waals surface area contributed by atoms with Gasteiger partial charge in [-0.2, -0.15) is 15.1 Å². The number of nitrogens with zero attached hydrogens (tertiary/aromatic N) is 6. The number of methoxy groups -OCH3 is 1. The Morgan fingerprint density at radius 2 is 1.97 bits per heavy atom. The molecule has 6 rings (SSSR count). The van der Waals surface area contributed by atoms with E-state index in [9.17, 15) is 8.78 Å². The van der Waals surface area contributed by atoms with Gasteiger partial charge in [-0.25, -0.2) is 8.78 Å². The Bertz CT molecular complexity index is 1430. The lowest BCUT2D eigenvalue weighted by Crippen LogP contribution is -2.48. The van der Waals surface area contributed by atoms with Crippen LogP contribution in [0.25, 0.3) is 0 Å². The molecule has 2 aliphatic heterocycles. The van der Waals surface area contributed by atoms with Crippen LogP contribution >= 0.6 is 0 Å². The number of aromatic nitrogens is 4. The smallest absolute Gasteiger partial charge is 0.235 e. The molecule has 3 atom stereocenters. The van der Waals surface area contributed by atoms with Gasteiger partial charge in [0.15, 0.2) is 0 Å². The zero-order chi connectivity index (χ0) is 26.8. The number of nitrogens with one attached hydrogen (secondary N) is 2. The molecule has 1 aliphatic carbocycles. The van der Waals surface area contributed by atoms with Crippen LogP contribution in [0.5, 0.6) is 5.88 Å². The fourth-order valence-electron chi connectivity index (χ4n) is 6.07. The summed E-state index contributed by atoms with van der Waals surface area (Å²) in [6.07, 6.45) is 1.74. The largest absolute Gasteiger partial charge is 0.480 e. The van der Waals surface area contributed by atoms with Crippen molar-refractivity contribution in [2.24, 2.45) is 11.8 Å². The van der Waals surface area contributed by atoms with Crippen LogP contribution < -0.4 is 25.2 Å². The molecule has 2 aromatic heterocycles. The van der Waals surface area contributed by atoms with Gasteiger partial charge in [0.05, 0.1) is 30.7 Å². The van der Waals surface area contributed by atoms with E-state index >= 15 is 0 Å². The Morgan fingerprint density at radius 1 is 1.16 bits per heavy atom. The van der Waals surface area contributed by atoms with E-state index in [1.807, 2.05) is 13.1 Å². The zero-order valence-electron chi connectivity index (χ0n) is 21.8. The minimum atomic E-state index is -0.628. The fraction of sp³-hybridized carbons (Fsp3) is 0.407. The highest BCUT2D eigenvalue weighted by molar-refractivity contribution is 5.76. The molecule has 3 unspecified atom stereocenters. The van der Waals surface area contributed by atoms with Crippen LogP contribution in [0.3, 0.4) is 0 Å². The number of hydrogen-bond donors (Lipinski definition) is 2. The van der Waals surface area contributed by atoms with Crippen LogP contribution in [-0.2, 0) is 5.41 Å². The normalized spacial score (nSPS) is 23.1. The van der Waals surface area contributed by atoms with Crippen LogP contribution in [-0.4, -0.2) is 60.0 Å². The van der Waals surface area contributed by atoms with Crippen molar-refractivity contribution in [2.75, 3.05) is 54.2 Å². The summed E-state index contributed by atoms with van der Waals surface area (Å²) < 4.78 is 33.7. The Hall–Kier alpha value is -4.02. The summed E-state index contributed by atoms with van der Waals surface area (Å²) in [5, 5.41) is 14.7. The molecule has 9 nitrogen and oxygen atoms in total. The van der Waals surface area contributed by atoms with Crippen molar-refractivity contribution in [1.82, 2.24) is 20.2 Å². The highest BCUT2D eigenvalue weighted by atomic mass is 19.1. The maximum absolute atomic E-state index is 14.8. The average Bonchev–Trinajstić information content (AvgIpc) is 3.43. The van der Waals surface area contributed by atoms with Crippen molar-refractivity contribution < 1.29 is 13.5 Å². The molecule has 2 N–H and O–H groups in total. The highest BCUT2D eigenvalue weighted by Crippen LogP contribution is 2.49. The van der Waals surface area contributed by atoms with Crippen LogP contribution in [0.15, 0.2) is 42.6 Å². The summed E-state index contributed by atoms with van der Waals surface area (Å²) in [5.74, 6) is 1.61. The molecule has 1 aromatic carbocycles. The van der Waals surface area contributed by atoms with Crippen molar-refractivity contribution in [3.05, 3.63) is 59.8 Å². The van der Waals surface area contributed by atoms with Gasteiger partial charge >= 0.3 is 0 Å². The molecule has 2 fully saturated rings. The summed E-state index contributed by atoms with van der Waals surface area (Å²) in [5.41, 5.74) is 2.88. The predicted molar refractivity (Wildman–Crippen MR) is 142 cm³/mol. The monoisotopic (exact) mass is 520 g/mol. The average molecular weight is 521 g/mol. The molecule has 0 amide bonds. The first-order chi connectivity index (χ1) is 18.2. The molecule has 0 radical (unpaired) electrons. The Labute approximate surface area is 219 Å². The molecule has 198 valence electrons. The third-order valence-electron chi connectivity index (χ3n) is 7.96. The number of fused-ring (bicyclic) bond motifs is 2. The molecule has 4 heterocycles. The number of halogens is 2. The van der Waals surface area contributed by atoms with Gasteiger partial charge in [-0.3, -0.25) is 0 Å². The number of anilines is 5. The molecular weight excluding hydrogens is 490 g/mol. The van der Waals surface area contributed by atoms with Crippen molar-refractivity contribution in [3.8, 4) is 5.88 Å². The number of benzene rings is 1. The second-order valence-electron chi connectivity index (χ2n) is 10.7. The fourth-order valence-corrected chi connectivity index (χ4v) is 6.07. The minimum absolute atomic E-state index is 0.00475. The van der Waals surface area contributed by atoms with Crippen molar-refractivity contribution in [3.63, 3.8) is 0 Å². The van der Waals surface area contributed by atoms with Gasteiger partial charge < -0.3 is 25.2 Å². The first-order valence-electron chi connectivity index (χ1n) is 12.6. The summed E-state index contributed by atoms with van der Waals surface area (Å²) in [7, 11) is 3.39. The molecule has 0 spiro atoms. The second kappa shape index (κ2) is 8.78.